The smallest absolute Gasteiger partial charge is 0.0624 e. The number of nitrogens with one attached hydrogen (secondary N) is 1. The third-order valence-electron chi connectivity index (χ3n) is 3.19. The van der Waals surface area contributed by atoms with Crippen molar-refractivity contribution >= 4 is 50.7 Å². The molecule has 0 aliphatic carbocycles. The van der Waals surface area contributed by atoms with Gasteiger partial charge in [0.25, 0.3) is 0 Å². The Morgan fingerprint density at radius 2 is 1.90 bits per heavy atom. The molecule has 21 heavy (non-hydrogen) atoms. The monoisotopic (exact) mass is 405 g/mol. The van der Waals surface area contributed by atoms with E-state index in [2.05, 4.69) is 34.2 Å². The fourth-order valence-electron chi connectivity index (χ4n) is 2.26. The lowest BCUT2D eigenvalue weighted by Gasteiger charge is -2.20. The van der Waals surface area contributed by atoms with E-state index in [4.69, 9.17) is 34.8 Å². The van der Waals surface area contributed by atoms with Gasteiger partial charge in [-0.25, -0.2) is 0 Å². The van der Waals surface area contributed by atoms with Crippen LogP contribution in [0.3, 0.4) is 0 Å². The summed E-state index contributed by atoms with van der Waals surface area (Å²) in [5, 5.41) is 5.37. The van der Waals surface area contributed by atoms with Gasteiger partial charge in [-0.05, 0) is 48.4 Å². The molecule has 2 rings (SSSR count). The molecule has 0 saturated carbocycles. The third-order valence-corrected chi connectivity index (χ3v) is 4.73. The van der Waals surface area contributed by atoms with Crippen LogP contribution in [0.25, 0.3) is 0 Å². The van der Waals surface area contributed by atoms with Crippen LogP contribution in [0.2, 0.25) is 15.1 Å². The van der Waals surface area contributed by atoms with Gasteiger partial charge in [-0.3, -0.25) is 0 Å². The number of rotatable bonds is 5. The Labute approximate surface area is 148 Å². The van der Waals surface area contributed by atoms with E-state index < -0.39 is 0 Å². The van der Waals surface area contributed by atoms with Crippen LogP contribution in [0.4, 0.5) is 0 Å². The van der Waals surface area contributed by atoms with Crippen LogP contribution in [0.15, 0.2) is 40.9 Å². The molecule has 2 aromatic carbocycles. The Balaban J connectivity index is 2.32. The first-order valence-corrected chi connectivity index (χ1v) is 8.56. The number of hydrogen-bond acceptors (Lipinski definition) is 1. The second kappa shape index (κ2) is 7.85. The highest BCUT2D eigenvalue weighted by Gasteiger charge is 2.15. The van der Waals surface area contributed by atoms with Crippen LogP contribution < -0.4 is 5.32 Å². The van der Waals surface area contributed by atoms with Crippen LogP contribution in [-0.4, -0.2) is 6.54 Å². The molecule has 0 aromatic heterocycles. The molecular formula is C16H15BrCl3N. The fourth-order valence-corrected chi connectivity index (χ4v) is 3.54. The molecule has 5 heteroatoms. The van der Waals surface area contributed by atoms with Crippen molar-refractivity contribution in [3.63, 3.8) is 0 Å². The van der Waals surface area contributed by atoms with Crippen LogP contribution in [0.1, 0.15) is 24.1 Å². The summed E-state index contributed by atoms with van der Waals surface area (Å²) < 4.78 is 0.963. The van der Waals surface area contributed by atoms with Crippen molar-refractivity contribution in [3.8, 4) is 0 Å². The van der Waals surface area contributed by atoms with Gasteiger partial charge in [-0.15, -0.1) is 0 Å². The van der Waals surface area contributed by atoms with Crippen molar-refractivity contribution in [1.29, 1.82) is 0 Å². The van der Waals surface area contributed by atoms with Crippen LogP contribution in [0, 0.1) is 0 Å². The molecule has 2 aromatic rings. The molecule has 0 spiro atoms. The SMILES string of the molecule is CCNC(Cc1cccc(Cl)c1Cl)c1cc(Cl)cc(Br)c1. The molecular weight excluding hydrogens is 392 g/mol. The molecule has 0 amide bonds. The van der Waals surface area contributed by atoms with Gasteiger partial charge in [-0.2, -0.15) is 0 Å². The van der Waals surface area contributed by atoms with Crippen molar-refractivity contribution < 1.29 is 0 Å². The lowest BCUT2D eigenvalue weighted by molar-refractivity contribution is 0.550. The van der Waals surface area contributed by atoms with Crippen molar-refractivity contribution in [3.05, 3.63) is 67.1 Å². The lowest BCUT2D eigenvalue weighted by Crippen LogP contribution is -2.23. The summed E-state index contributed by atoms with van der Waals surface area (Å²) >= 11 is 22.0. The summed E-state index contributed by atoms with van der Waals surface area (Å²) in [4.78, 5) is 0. The Hall–Kier alpha value is -0.250. The first-order chi connectivity index (χ1) is 10.0. The second-order valence-corrected chi connectivity index (χ2v) is 6.87. The summed E-state index contributed by atoms with van der Waals surface area (Å²) in [7, 11) is 0. The number of hydrogen-bond donors (Lipinski definition) is 1. The first-order valence-electron chi connectivity index (χ1n) is 6.63. The van der Waals surface area contributed by atoms with Crippen molar-refractivity contribution in [2.75, 3.05) is 6.54 Å². The zero-order valence-corrected chi connectivity index (χ0v) is 15.3. The fraction of sp³-hybridized carbons (Fsp3) is 0.250. The number of benzene rings is 2. The topological polar surface area (TPSA) is 12.0 Å². The van der Waals surface area contributed by atoms with Crippen molar-refractivity contribution in [2.24, 2.45) is 0 Å². The molecule has 0 radical (unpaired) electrons. The molecule has 112 valence electrons. The van der Waals surface area contributed by atoms with Crippen LogP contribution >= 0.6 is 50.7 Å². The van der Waals surface area contributed by atoms with Gasteiger partial charge in [0.15, 0.2) is 0 Å². The Morgan fingerprint density at radius 1 is 1.14 bits per heavy atom. The van der Waals surface area contributed by atoms with E-state index in [1.807, 2.05) is 24.3 Å². The van der Waals surface area contributed by atoms with Crippen LogP contribution in [0.5, 0.6) is 0 Å². The summed E-state index contributed by atoms with van der Waals surface area (Å²) in [6.07, 6.45) is 0.750. The lowest BCUT2D eigenvalue weighted by atomic mass is 9.98. The minimum atomic E-state index is 0.126. The minimum Gasteiger partial charge on any atom is -0.310 e. The minimum absolute atomic E-state index is 0.126. The van der Waals surface area contributed by atoms with Crippen LogP contribution in [-0.2, 0) is 6.42 Å². The second-order valence-electron chi connectivity index (χ2n) is 4.73. The van der Waals surface area contributed by atoms with E-state index >= 15 is 0 Å². The van der Waals surface area contributed by atoms with Gasteiger partial charge >= 0.3 is 0 Å². The average molecular weight is 408 g/mol. The normalized spacial score (nSPS) is 12.4. The largest absolute Gasteiger partial charge is 0.310 e. The highest BCUT2D eigenvalue weighted by Crippen LogP contribution is 2.31. The van der Waals surface area contributed by atoms with Gasteiger partial charge in [0.05, 0.1) is 10.0 Å². The molecule has 0 saturated heterocycles. The number of halogens is 4. The highest BCUT2D eigenvalue weighted by molar-refractivity contribution is 9.10. The highest BCUT2D eigenvalue weighted by atomic mass is 79.9. The quantitative estimate of drug-likeness (QED) is 0.613. The van der Waals surface area contributed by atoms with E-state index in [1.165, 1.54) is 0 Å². The molecule has 1 nitrogen and oxygen atoms in total. The molecule has 0 heterocycles. The Bertz CT molecular complexity index is 611. The zero-order valence-electron chi connectivity index (χ0n) is 11.5. The average Bonchev–Trinajstić information content (AvgIpc) is 2.42. The summed E-state index contributed by atoms with van der Waals surface area (Å²) in [6, 6.07) is 11.8. The summed E-state index contributed by atoms with van der Waals surface area (Å²) in [6.45, 7) is 2.93. The van der Waals surface area contributed by atoms with Gasteiger partial charge in [0.2, 0.25) is 0 Å². The molecule has 0 bridgehead atoms. The maximum Gasteiger partial charge on any atom is 0.0624 e. The van der Waals surface area contributed by atoms with E-state index in [0.29, 0.717) is 15.1 Å². The van der Waals surface area contributed by atoms with Gasteiger partial charge < -0.3 is 5.32 Å². The van der Waals surface area contributed by atoms with E-state index in [-0.39, 0.29) is 6.04 Å². The molecule has 0 aliphatic rings. The van der Waals surface area contributed by atoms with E-state index in [9.17, 15) is 0 Å². The molecule has 1 atom stereocenters. The molecule has 1 N–H and O–H groups in total. The Kier molecular flexibility index (Phi) is 6.39. The predicted octanol–water partition coefficient (Wildman–Crippen LogP) is 6.30. The van der Waals surface area contributed by atoms with Gasteiger partial charge in [0, 0.05) is 15.5 Å². The Morgan fingerprint density at radius 3 is 2.57 bits per heavy atom. The van der Waals surface area contributed by atoms with Crippen molar-refractivity contribution in [2.45, 2.75) is 19.4 Å². The number of likely N-dealkylation sites (N-methyl/N-ethyl adjacent to an activating group) is 1. The molecule has 0 fully saturated rings. The summed E-state index contributed by atoms with van der Waals surface area (Å²) in [5.74, 6) is 0. The maximum atomic E-state index is 6.29. The molecule has 1 unspecified atom stereocenters. The summed E-state index contributed by atoms with van der Waals surface area (Å²) in [5.41, 5.74) is 2.14. The van der Waals surface area contributed by atoms with Gasteiger partial charge in [-0.1, -0.05) is 69.8 Å². The van der Waals surface area contributed by atoms with Gasteiger partial charge in [0.1, 0.15) is 0 Å². The first kappa shape index (κ1) is 17.1. The molecule has 0 aliphatic heterocycles. The van der Waals surface area contributed by atoms with E-state index in [0.717, 1.165) is 28.6 Å². The maximum absolute atomic E-state index is 6.29. The zero-order chi connectivity index (χ0) is 15.4. The third kappa shape index (κ3) is 4.61. The predicted molar refractivity (Wildman–Crippen MR) is 95.7 cm³/mol. The van der Waals surface area contributed by atoms with E-state index in [1.54, 1.807) is 6.07 Å². The van der Waals surface area contributed by atoms with Crippen molar-refractivity contribution in [1.82, 2.24) is 5.32 Å². The standard InChI is InChI=1S/C16H15BrCl3N/c1-2-21-15(11-6-12(17)9-13(18)7-11)8-10-4-3-5-14(19)16(10)20/h3-7,9,15,21H,2,8H2,1H3.